The van der Waals surface area contributed by atoms with Crippen LogP contribution in [0.1, 0.15) is 62.5 Å². The van der Waals surface area contributed by atoms with Crippen molar-refractivity contribution in [1.82, 2.24) is 5.32 Å². The van der Waals surface area contributed by atoms with Crippen molar-refractivity contribution in [1.29, 1.82) is 0 Å². The Morgan fingerprint density at radius 1 is 1.03 bits per heavy atom. The van der Waals surface area contributed by atoms with Gasteiger partial charge in [0.25, 0.3) is 15.9 Å². The lowest BCUT2D eigenvalue weighted by Gasteiger charge is -2.30. The van der Waals surface area contributed by atoms with Crippen molar-refractivity contribution < 1.29 is 17.9 Å². The van der Waals surface area contributed by atoms with E-state index < -0.39 is 10.0 Å². The van der Waals surface area contributed by atoms with Crippen LogP contribution in [-0.2, 0) is 21.2 Å². The Labute approximate surface area is 197 Å². The van der Waals surface area contributed by atoms with Crippen molar-refractivity contribution in [3.63, 3.8) is 0 Å². The fourth-order valence-corrected chi connectivity index (χ4v) is 6.46. The summed E-state index contributed by atoms with van der Waals surface area (Å²) in [6.07, 6.45) is 9.81. The predicted octanol–water partition coefficient (Wildman–Crippen LogP) is 4.74. The van der Waals surface area contributed by atoms with Gasteiger partial charge in [-0.3, -0.25) is 9.10 Å². The molecular weight excluding hydrogens is 436 g/mol. The van der Waals surface area contributed by atoms with Crippen molar-refractivity contribution in [2.24, 2.45) is 0 Å². The molecule has 2 aromatic rings. The molecule has 33 heavy (non-hydrogen) atoms. The summed E-state index contributed by atoms with van der Waals surface area (Å²) in [4.78, 5) is 12.6. The van der Waals surface area contributed by atoms with Crippen LogP contribution in [0, 0.1) is 6.92 Å². The van der Waals surface area contributed by atoms with E-state index in [-0.39, 0.29) is 23.5 Å². The van der Waals surface area contributed by atoms with Gasteiger partial charge in [-0.15, -0.1) is 0 Å². The molecule has 0 bridgehead atoms. The third kappa shape index (κ3) is 5.69. The van der Waals surface area contributed by atoms with E-state index in [0.29, 0.717) is 17.9 Å². The number of sulfonamides is 1. The third-order valence-corrected chi connectivity index (χ3v) is 8.44. The number of nitrogens with zero attached hydrogens (tertiary/aromatic N) is 1. The number of benzene rings is 2. The van der Waals surface area contributed by atoms with Gasteiger partial charge in [-0.2, -0.15) is 0 Å². The molecule has 178 valence electrons. The molecule has 0 atom stereocenters. The molecule has 2 aromatic carbocycles. The average molecular weight is 471 g/mol. The Kier molecular flexibility index (Phi) is 7.58. The van der Waals surface area contributed by atoms with Crippen molar-refractivity contribution in [3.8, 4) is 5.75 Å². The maximum atomic E-state index is 13.4. The van der Waals surface area contributed by atoms with E-state index in [0.717, 1.165) is 49.8 Å². The smallest absolute Gasteiger partial charge is 0.264 e. The van der Waals surface area contributed by atoms with E-state index in [1.54, 1.807) is 18.2 Å². The molecule has 1 aliphatic heterocycles. The molecule has 4 rings (SSSR count). The molecule has 2 aliphatic rings. The van der Waals surface area contributed by atoms with Gasteiger partial charge in [-0.25, -0.2) is 8.42 Å². The van der Waals surface area contributed by atoms with E-state index in [1.165, 1.54) is 23.6 Å². The van der Waals surface area contributed by atoms with E-state index in [4.69, 9.17) is 4.74 Å². The number of hydrogen-bond acceptors (Lipinski definition) is 4. The molecular formula is C26H34N2O4S. The second kappa shape index (κ2) is 10.6. The Morgan fingerprint density at radius 3 is 2.52 bits per heavy atom. The maximum Gasteiger partial charge on any atom is 0.264 e. The number of hydrogen-bond donors (Lipinski definition) is 1. The number of para-hydroxylation sites is 1. The van der Waals surface area contributed by atoms with Gasteiger partial charge < -0.3 is 10.1 Å². The molecule has 1 fully saturated rings. The minimum absolute atomic E-state index is 0.0665. The number of anilines is 1. The summed E-state index contributed by atoms with van der Waals surface area (Å²) in [5.41, 5.74) is 2.51. The first-order valence-electron chi connectivity index (χ1n) is 12.1. The van der Waals surface area contributed by atoms with Crippen molar-refractivity contribution in [3.05, 3.63) is 53.6 Å². The van der Waals surface area contributed by atoms with Crippen LogP contribution in [0.2, 0.25) is 0 Å². The Hall–Kier alpha value is -2.54. The molecule has 0 unspecified atom stereocenters. The lowest BCUT2D eigenvalue weighted by Crippen LogP contribution is -2.38. The van der Waals surface area contributed by atoms with Crippen LogP contribution in [0.5, 0.6) is 5.75 Å². The standard InChI is InChI=1S/C26H34N2O4S/c1-20-18-23(33(30,31)28-17-9-11-21-10-7-8-14-24(21)28)15-16-25(20)32-19-26(29)27-22-12-5-3-2-4-6-13-22/h7-8,10,14-16,18,22H,2-6,9,11-13,17,19H2,1H3,(H,27,29). The normalized spacial score (nSPS) is 17.5. The quantitative estimate of drug-likeness (QED) is 0.661. The van der Waals surface area contributed by atoms with Crippen molar-refractivity contribution in [2.75, 3.05) is 17.5 Å². The monoisotopic (exact) mass is 470 g/mol. The van der Waals surface area contributed by atoms with E-state index in [1.807, 2.05) is 31.2 Å². The summed E-state index contributed by atoms with van der Waals surface area (Å²) in [5, 5.41) is 3.10. The van der Waals surface area contributed by atoms with Crippen LogP contribution in [0.4, 0.5) is 5.69 Å². The fourth-order valence-electron chi connectivity index (χ4n) is 4.83. The summed E-state index contributed by atoms with van der Waals surface area (Å²) in [5.74, 6) is 0.405. The summed E-state index contributed by atoms with van der Waals surface area (Å²) in [7, 11) is -3.67. The largest absolute Gasteiger partial charge is 0.484 e. The number of aryl methyl sites for hydroxylation is 2. The fraction of sp³-hybridized carbons (Fsp3) is 0.500. The molecule has 1 N–H and O–H groups in total. The van der Waals surface area contributed by atoms with Gasteiger partial charge in [-0.05, 0) is 68.0 Å². The molecule has 7 heteroatoms. The van der Waals surface area contributed by atoms with Gasteiger partial charge in [0.2, 0.25) is 0 Å². The Balaban J connectivity index is 1.40. The second-order valence-corrected chi connectivity index (χ2v) is 11.0. The molecule has 0 radical (unpaired) electrons. The number of fused-ring (bicyclic) bond motifs is 1. The molecule has 1 amide bonds. The summed E-state index contributed by atoms with van der Waals surface area (Å²) >= 11 is 0. The zero-order chi connectivity index (χ0) is 23.3. The Morgan fingerprint density at radius 2 is 1.76 bits per heavy atom. The SMILES string of the molecule is Cc1cc(S(=O)(=O)N2CCCc3ccccc32)ccc1OCC(=O)NC1CCCCCCC1. The van der Waals surface area contributed by atoms with Crippen molar-refractivity contribution >= 4 is 21.6 Å². The lowest BCUT2D eigenvalue weighted by atomic mass is 9.97. The van der Waals surface area contributed by atoms with Crippen LogP contribution < -0.4 is 14.4 Å². The number of amides is 1. The van der Waals surface area contributed by atoms with Gasteiger partial charge in [0.05, 0.1) is 10.6 Å². The zero-order valence-electron chi connectivity index (χ0n) is 19.4. The van der Waals surface area contributed by atoms with Crippen LogP contribution in [0.15, 0.2) is 47.4 Å². The average Bonchev–Trinajstić information content (AvgIpc) is 2.79. The molecule has 0 saturated heterocycles. The van der Waals surface area contributed by atoms with Gasteiger partial charge >= 0.3 is 0 Å². The van der Waals surface area contributed by atoms with Gasteiger partial charge in [-0.1, -0.05) is 50.3 Å². The summed E-state index contributed by atoms with van der Waals surface area (Å²) < 4.78 is 34.0. The van der Waals surface area contributed by atoms with Crippen LogP contribution in [0.3, 0.4) is 0 Å². The Bertz CT molecular complexity index is 1080. The van der Waals surface area contributed by atoms with Crippen molar-refractivity contribution in [2.45, 2.75) is 75.6 Å². The van der Waals surface area contributed by atoms with Crippen LogP contribution in [0.25, 0.3) is 0 Å². The number of carbonyl (C=O) groups is 1. The minimum Gasteiger partial charge on any atom is -0.484 e. The first-order valence-corrected chi connectivity index (χ1v) is 13.5. The third-order valence-electron chi connectivity index (χ3n) is 6.63. The highest BCUT2D eigenvalue weighted by Gasteiger charge is 2.29. The number of rotatable bonds is 6. The number of nitrogens with one attached hydrogen (secondary N) is 1. The maximum absolute atomic E-state index is 13.4. The van der Waals surface area contributed by atoms with Crippen LogP contribution >= 0.6 is 0 Å². The van der Waals surface area contributed by atoms with E-state index in [2.05, 4.69) is 5.32 Å². The first-order chi connectivity index (χ1) is 15.9. The topological polar surface area (TPSA) is 75.7 Å². The molecule has 1 saturated carbocycles. The first kappa shape index (κ1) is 23.6. The summed E-state index contributed by atoms with van der Waals surface area (Å²) in [6, 6.07) is 12.8. The summed E-state index contributed by atoms with van der Waals surface area (Å²) in [6.45, 7) is 2.21. The van der Waals surface area contributed by atoms with Gasteiger partial charge in [0, 0.05) is 12.6 Å². The predicted molar refractivity (Wildman–Crippen MR) is 130 cm³/mol. The highest BCUT2D eigenvalue weighted by Crippen LogP contribution is 2.33. The van der Waals surface area contributed by atoms with Crippen LogP contribution in [-0.4, -0.2) is 33.5 Å². The van der Waals surface area contributed by atoms with E-state index >= 15 is 0 Å². The van der Waals surface area contributed by atoms with Gasteiger partial charge in [0.1, 0.15) is 5.75 Å². The number of ether oxygens (including phenoxy) is 1. The molecule has 0 spiro atoms. The molecule has 1 heterocycles. The molecule has 1 aliphatic carbocycles. The van der Waals surface area contributed by atoms with Gasteiger partial charge in [0.15, 0.2) is 6.61 Å². The molecule has 6 nitrogen and oxygen atoms in total. The highest BCUT2D eigenvalue weighted by atomic mass is 32.2. The highest BCUT2D eigenvalue weighted by molar-refractivity contribution is 7.92. The second-order valence-electron chi connectivity index (χ2n) is 9.13. The minimum atomic E-state index is -3.67. The van der Waals surface area contributed by atoms with E-state index in [9.17, 15) is 13.2 Å². The lowest BCUT2D eigenvalue weighted by molar-refractivity contribution is -0.123. The molecule has 0 aromatic heterocycles. The zero-order valence-corrected chi connectivity index (χ0v) is 20.2. The number of carbonyl (C=O) groups excluding carboxylic acids is 1.